The number of carboxylic acids is 2. The summed E-state index contributed by atoms with van der Waals surface area (Å²) in [6, 6.07) is 9.21. The van der Waals surface area contributed by atoms with Crippen LogP contribution in [0.3, 0.4) is 0 Å². The average molecular weight is 299 g/mol. The summed E-state index contributed by atoms with van der Waals surface area (Å²) in [5.41, 5.74) is 3.81. The Balaban J connectivity index is 2.23. The number of aliphatic carboxylic acids is 2. The molecule has 114 valence electrons. The number of aromatic nitrogens is 1. The van der Waals surface area contributed by atoms with Crippen molar-refractivity contribution in [2.24, 2.45) is 5.10 Å². The molecule has 0 aliphatic carbocycles. The van der Waals surface area contributed by atoms with E-state index in [0.29, 0.717) is 5.82 Å². The highest BCUT2D eigenvalue weighted by atomic mass is 16.4. The number of anilines is 1. The Morgan fingerprint density at radius 3 is 2.64 bits per heavy atom. The number of hydrazone groups is 1. The summed E-state index contributed by atoms with van der Waals surface area (Å²) in [5.74, 6) is -2.52. The number of benzene rings is 1. The SMILES string of the molecule is Cc1cc(NN=C(CCC(=O)[O-])C(=O)[O-])nc2ccccc12. The van der Waals surface area contributed by atoms with Gasteiger partial charge >= 0.3 is 0 Å². The second-order valence-corrected chi connectivity index (χ2v) is 4.67. The quantitative estimate of drug-likeness (QED) is 0.572. The lowest BCUT2D eigenvalue weighted by atomic mass is 10.1. The van der Waals surface area contributed by atoms with Crippen LogP contribution in [-0.2, 0) is 9.59 Å². The van der Waals surface area contributed by atoms with Crippen LogP contribution in [0.4, 0.5) is 5.82 Å². The Morgan fingerprint density at radius 2 is 1.95 bits per heavy atom. The Kier molecular flexibility index (Phi) is 4.67. The van der Waals surface area contributed by atoms with Crippen LogP contribution < -0.4 is 15.6 Å². The first kappa shape index (κ1) is 15.4. The van der Waals surface area contributed by atoms with Gasteiger partial charge in [0.2, 0.25) is 0 Å². The van der Waals surface area contributed by atoms with E-state index >= 15 is 0 Å². The normalized spacial score (nSPS) is 11.4. The molecule has 1 N–H and O–H groups in total. The van der Waals surface area contributed by atoms with Crippen LogP contribution in [0.1, 0.15) is 18.4 Å². The van der Waals surface area contributed by atoms with E-state index in [1.807, 2.05) is 31.2 Å². The highest BCUT2D eigenvalue weighted by molar-refractivity contribution is 6.34. The minimum Gasteiger partial charge on any atom is -0.550 e. The number of pyridine rings is 1. The van der Waals surface area contributed by atoms with Crippen LogP contribution in [0, 0.1) is 6.92 Å². The standard InChI is InChI=1S/C15H15N3O4/c1-9-8-13(16-11-5-3-2-4-10(9)11)18-17-12(15(21)22)6-7-14(19)20/h2-5,8H,6-7H2,1H3,(H,16,18)(H,19,20)(H,21,22)/p-2. The molecule has 7 heteroatoms. The predicted octanol–water partition coefficient (Wildman–Crippen LogP) is -0.409. The van der Waals surface area contributed by atoms with E-state index in [-0.39, 0.29) is 6.42 Å². The third-order valence-corrected chi connectivity index (χ3v) is 3.03. The van der Waals surface area contributed by atoms with E-state index in [0.717, 1.165) is 16.5 Å². The fourth-order valence-electron chi connectivity index (χ4n) is 1.96. The zero-order chi connectivity index (χ0) is 16.1. The molecule has 0 unspecified atom stereocenters. The highest BCUT2D eigenvalue weighted by Gasteiger charge is 2.04. The van der Waals surface area contributed by atoms with Gasteiger partial charge < -0.3 is 19.8 Å². The molecule has 0 aliphatic heterocycles. The number of hydrogen-bond acceptors (Lipinski definition) is 7. The monoisotopic (exact) mass is 299 g/mol. The molecule has 7 nitrogen and oxygen atoms in total. The zero-order valence-electron chi connectivity index (χ0n) is 11.8. The minimum atomic E-state index is -1.54. The van der Waals surface area contributed by atoms with Crippen LogP contribution in [-0.4, -0.2) is 22.6 Å². The Bertz CT molecular complexity index is 756. The van der Waals surface area contributed by atoms with Gasteiger partial charge in [0.15, 0.2) is 0 Å². The molecule has 0 bridgehead atoms. The first-order valence-corrected chi connectivity index (χ1v) is 6.57. The van der Waals surface area contributed by atoms with Gasteiger partial charge in [0.1, 0.15) is 5.82 Å². The molecule has 0 radical (unpaired) electrons. The molecule has 1 aromatic carbocycles. The largest absolute Gasteiger partial charge is 0.550 e. The number of carboxylic acid groups (broad SMARTS) is 2. The molecule has 0 fully saturated rings. The van der Waals surface area contributed by atoms with Crippen molar-refractivity contribution in [3.63, 3.8) is 0 Å². The molecule has 2 aromatic rings. The maximum absolute atomic E-state index is 10.9. The smallest absolute Gasteiger partial charge is 0.147 e. The van der Waals surface area contributed by atoms with Gasteiger partial charge in [-0.05, 0) is 37.5 Å². The van der Waals surface area contributed by atoms with E-state index in [1.165, 1.54) is 0 Å². The maximum Gasteiger partial charge on any atom is 0.147 e. The van der Waals surface area contributed by atoms with Crippen LogP contribution in [0.2, 0.25) is 0 Å². The van der Waals surface area contributed by atoms with Crippen molar-refractivity contribution >= 4 is 34.4 Å². The van der Waals surface area contributed by atoms with E-state index < -0.39 is 24.1 Å². The van der Waals surface area contributed by atoms with Gasteiger partial charge in [0.25, 0.3) is 0 Å². The number of carbonyl (C=O) groups excluding carboxylic acids is 2. The lowest BCUT2D eigenvalue weighted by Gasteiger charge is -2.10. The van der Waals surface area contributed by atoms with Crippen molar-refractivity contribution in [1.29, 1.82) is 0 Å². The summed E-state index contributed by atoms with van der Waals surface area (Å²) in [6.07, 6.45) is -0.733. The van der Waals surface area contributed by atoms with Crippen molar-refractivity contribution in [2.45, 2.75) is 19.8 Å². The topological polar surface area (TPSA) is 118 Å². The van der Waals surface area contributed by atoms with Crippen LogP contribution in [0.25, 0.3) is 10.9 Å². The molecule has 1 heterocycles. The second-order valence-electron chi connectivity index (χ2n) is 4.67. The molecule has 0 saturated carbocycles. The van der Waals surface area contributed by atoms with Gasteiger partial charge in [-0.1, -0.05) is 18.2 Å². The van der Waals surface area contributed by atoms with E-state index in [9.17, 15) is 19.8 Å². The molecule has 2 rings (SSSR count). The van der Waals surface area contributed by atoms with Gasteiger partial charge in [-0.15, -0.1) is 0 Å². The van der Waals surface area contributed by atoms with E-state index in [2.05, 4.69) is 15.5 Å². The Morgan fingerprint density at radius 1 is 1.23 bits per heavy atom. The van der Waals surface area contributed by atoms with Crippen LogP contribution in [0.15, 0.2) is 35.4 Å². The lowest BCUT2D eigenvalue weighted by Crippen LogP contribution is -2.34. The molecular formula is C15H13N3O4-2. The fraction of sp³-hybridized carbons (Fsp3) is 0.200. The number of rotatable bonds is 6. The molecule has 0 spiro atoms. The highest BCUT2D eigenvalue weighted by Crippen LogP contribution is 2.19. The Labute approximate surface area is 126 Å². The summed E-state index contributed by atoms with van der Waals surface area (Å²) < 4.78 is 0. The first-order valence-electron chi connectivity index (χ1n) is 6.57. The summed E-state index contributed by atoms with van der Waals surface area (Å²) in [5, 5.41) is 25.9. The average Bonchev–Trinajstić information content (AvgIpc) is 2.46. The Hall–Kier alpha value is -2.96. The number of nitrogens with one attached hydrogen (secondary N) is 1. The maximum atomic E-state index is 10.9. The van der Waals surface area contributed by atoms with Crippen molar-refractivity contribution in [3.05, 3.63) is 35.9 Å². The predicted molar refractivity (Wildman–Crippen MR) is 76.8 cm³/mol. The molecule has 0 saturated heterocycles. The summed E-state index contributed by atoms with van der Waals surface area (Å²) in [6.45, 7) is 1.90. The van der Waals surface area contributed by atoms with Crippen molar-refractivity contribution in [2.75, 3.05) is 5.43 Å². The molecule has 22 heavy (non-hydrogen) atoms. The van der Waals surface area contributed by atoms with Gasteiger partial charge in [0.05, 0.1) is 17.2 Å². The number of aryl methyl sites for hydroxylation is 1. The van der Waals surface area contributed by atoms with Crippen LogP contribution >= 0.6 is 0 Å². The van der Waals surface area contributed by atoms with Gasteiger partial charge in [-0.25, -0.2) is 4.98 Å². The van der Waals surface area contributed by atoms with E-state index in [1.54, 1.807) is 6.07 Å². The molecule has 0 aliphatic rings. The number of fused-ring (bicyclic) bond motifs is 1. The molecule has 1 aromatic heterocycles. The summed E-state index contributed by atoms with van der Waals surface area (Å²) in [7, 11) is 0. The minimum absolute atomic E-state index is 0.287. The van der Waals surface area contributed by atoms with Gasteiger partial charge in [-0.2, -0.15) is 5.10 Å². The zero-order valence-corrected chi connectivity index (χ0v) is 11.8. The van der Waals surface area contributed by atoms with Crippen molar-refractivity contribution < 1.29 is 19.8 Å². The number of carbonyl (C=O) groups is 2. The molecule has 0 amide bonds. The third kappa shape index (κ3) is 3.78. The van der Waals surface area contributed by atoms with E-state index in [4.69, 9.17) is 0 Å². The second kappa shape index (κ2) is 6.66. The van der Waals surface area contributed by atoms with Crippen molar-refractivity contribution in [3.8, 4) is 0 Å². The molecular weight excluding hydrogens is 286 g/mol. The third-order valence-electron chi connectivity index (χ3n) is 3.03. The number of nitrogens with zero attached hydrogens (tertiary/aromatic N) is 2. The van der Waals surface area contributed by atoms with Crippen molar-refractivity contribution in [1.82, 2.24) is 4.98 Å². The lowest BCUT2D eigenvalue weighted by molar-refractivity contribution is -0.305. The van der Waals surface area contributed by atoms with Gasteiger partial charge in [0, 0.05) is 11.4 Å². The number of para-hydroxylation sites is 1. The van der Waals surface area contributed by atoms with Gasteiger partial charge in [-0.3, -0.25) is 5.43 Å². The first-order chi connectivity index (χ1) is 10.5. The summed E-state index contributed by atoms with van der Waals surface area (Å²) in [4.78, 5) is 25.6. The fourth-order valence-corrected chi connectivity index (χ4v) is 1.96. The summed E-state index contributed by atoms with van der Waals surface area (Å²) >= 11 is 0. The molecule has 0 atom stereocenters. The van der Waals surface area contributed by atoms with Crippen LogP contribution in [0.5, 0.6) is 0 Å². The number of hydrogen-bond donors (Lipinski definition) is 1.